The van der Waals surface area contributed by atoms with Crippen molar-refractivity contribution in [3.63, 3.8) is 0 Å². The van der Waals surface area contributed by atoms with E-state index >= 15 is 0 Å². The van der Waals surface area contributed by atoms with Gasteiger partial charge >= 0.3 is 11.7 Å². The van der Waals surface area contributed by atoms with Crippen LogP contribution >= 0.6 is 0 Å². The van der Waals surface area contributed by atoms with Gasteiger partial charge in [0.2, 0.25) is 0 Å². The van der Waals surface area contributed by atoms with Gasteiger partial charge in [0.15, 0.2) is 0 Å². The maximum absolute atomic E-state index is 10.8. The molecule has 1 rings (SSSR count). The highest BCUT2D eigenvalue weighted by molar-refractivity contribution is 5.88. The smallest absolute Gasteiger partial charge is 0.337 e. The number of carboxylic acid groups (broad SMARTS) is 1. The Morgan fingerprint density at radius 1 is 1.53 bits per heavy atom. The Bertz CT molecular complexity index is 474. The van der Waals surface area contributed by atoms with Crippen molar-refractivity contribution in [2.75, 3.05) is 13.2 Å². The zero-order valence-corrected chi connectivity index (χ0v) is 10.5. The number of carboxylic acids is 1. The van der Waals surface area contributed by atoms with Gasteiger partial charge in [-0.25, -0.2) is 9.78 Å². The van der Waals surface area contributed by atoms with E-state index in [1.165, 1.54) is 0 Å². The normalized spacial score (nSPS) is 10.5. The molecule has 0 amide bonds. The molecule has 0 aliphatic rings. The Hall–Kier alpha value is -2.22. The molecule has 1 aromatic heterocycles. The van der Waals surface area contributed by atoms with Crippen LogP contribution in [0, 0.1) is 10.1 Å². The summed E-state index contributed by atoms with van der Waals surface area (Å²) < 4.78 is 10.3. The molecule has 0 radical (unpaired) electrons. The van der Waals surface area contributed by atoms with Crippen molar-refractivity contribution in [3.05, 3.63) is 27.9 Å². The lowest BCUT2D eigenvalue weighted by Gasteiger charge is -2.08. The SMILES string of the molecule is CC(C)OCCOc1ncc(C(=O)O)cc1[N+](=O)[O-]. The van der Waals surface area contributed by atoms with Gasteiger partial charge in [-0.15, -0.1) is 0 Å². The van der Waals surface area contributed by atoms with E-state index in [-0.39, 0.29) is 30.8 Å². The lowest BCUT2D eigenvalue weighted by atomic mass is 10.2. The topological polar surface area (TPSA) is 112 Å². The first-order chi connectivity index (χ1) is 8.91. The molecule has 19 heavy (non-hydrogen) atoms. The maximum atomic E-state index is 10.8. The van der Waals surface area contributed by atoms with Gasteiger partial charge in [0.25, 0.3) is 5.88 Å². The maximum Gasteiger partial charge on any atom is 0.337 e. The van der Waals surface area contributed by atoms with E-state index < -0.39 is 16.6 Å². The number of rotatable bonds is 7. The highest BCUT2D eigenvalue weighted by Crippen LogP contribution is 2.24. The Kier molecular flexibility index (Phi) is 5.19. The van der Waals surface area contributed by atoms with Crippen LogP contribution in [0.3, 0.4) is 0 Å². The Morgan fingerprint density at radius 2 is 2.21 bits per heavy atom. The number of ether oxygens (including phenoxy) is 2. The van der Waals surface area contributed by atoms with Gasteiger partial charge < -0.3 is 14.6 Å². The van der Waals surface area contributed by atoms with Crippen LogP contribution in [0.15, 0.2) is 12.3 Å². The molecular formula is C11H14N2O6. The summed E-state index contributed by atoms with van der Waals surface area (Å²) in [6, 6.07) is 0.911. The van der Waals surface area contributed by atoms with Crippen molar-refractivity contribution >= 4 is 11.7 Å². The molecule has 0 spiro atoms. The quantitative estimate of drug-likeness (QED) is 0.453. The number of aromatic nitrogens is 1. The lowest BCUT2D eigenvalue weighted by Crippen LogP contribution is -2.13. The molecule has 0 aromatic carbocycles. The number of aromatic carboxylic acids is 1. The predicted molar refractivity (Wildman–Crippen MR) is 64.4 cm³/mol. The molecule has 0 fully saturated rings. The minimum absolute atomic E-state index is 0.0286. The summed E-state index contributed by atoms with van der Waals surface area (Å²) in [5.74, 6) is -1.51. The molecule has 0 atom stereocenters. The Balaban J connectivity index is 2.77. The van der Waals surface area contributed by atoms with Crippen molar-refractivity contribution < 1.29 is 24.3 Å². The molecule has 0 aliphatic carbocycles. The number of hydrogen-bond acceptors (Lipinski definition) is 6. The zero-order chi connectivity index (χ0) is 14.4. The average Bonchev–Trinajstić information content (AvgIpc) is 2.34. The van der Waals surface area contributed by atoms with Crippen LogP contribution < -0.4 is 4.74 Å². The number of carbonyl (C=O) groups is 1. The van der Waals surface area contributed by atoms with Gasteiger partial charge in [0.1, 0.15) is 6.61 Å². The van der Waals surface area contributed by atoms with E-state index in [0.717, 1.165) is 12.3 Å². The fourth-order valence-corrected chi connectivity index (χ4v) is 1.22. The summed E-state index contributed by atoms with van der Waals surface area (Å²) in [5, 5.41) is 19.5. The van der Waals surface area contributed by atoms with Gasteiger partial charge in [0, 0.05) is 12.3 Å². The van der Waals surface area contributed by atoms with Crippen LogP contribution in [0.25, 0.3) is 0 Å². The highest BCUT2D eigenvalue weighted by atomic mass is 16.6. The van der Waals surface area contributed by atoms with E-state index in [9.17, 15) is 14.9 Å². The third-order valence-electron chi connectivity index (χ3n) is 2.05. The highest BCUT2D eigenvalue weighted by Gasteiger charge is 2.20. The second kappa shape index (κ2) is 6.64. The number of hydrogen-bond donors (Lipinski definition) is 1. The van der Waals surface area contributed by atoms with E-state index in [4.69, 9.17) is 14.6 Å². The van der Waals surface area contributed by atoms with E-state index in [2.05, 4.69) is 4.98 Å². The number of nitro groups is 1. The third kappa shape index (κ3) is 4.51. The molecule has 0 saturated heterocycles. The van der Waals surface area contributed by atoms with Crippen LogP contribution in [0.1, 0.15) is 24.2 Å². The minimum Gasteiger partial charge on any atom is -0.478 e. The molecule has 0 unspecified atom stereocenters. The van der Waals surface area contributed by atoms with Crippen LogP contribution in [0.2, 0.25) is 0 Å². The summed E-state index contributed by atoms with van der Waals surface area (Å²) in [6.45, 7) is 4.06. The monoisotopic (exact) mass is 270 g/mol. The van der Waals surface area contributed by atoms with Crippen molar-refractivity contribution in [2.45, 2.75) is 20.0 Å². The standard InChI is InChI=1S/C11H14N2O6/c1-7(2)18-3-4-19-10-9(13(16)17)5-8(6-12-10)11(14)15/h5-7H,3-4H2,1-2H3,(H,14,15). The second-order valence-electron chi connectivity index (χ2n) is 3.88. The van der Waals surface area contributed by atoms with Crippen LogP contribution in [0.4, 0.5) is 5.69 Å². The largest absolute Gasteiger partial charge is 0.478 e. The summed E-state index contributed by atoms with van der Waals surface area (Å²) in [7, 11) is 0. The molecule has 0 saturated carbocycles. The summed E-state index contributed by atoms with van der Waals surface area (Å²) in [4.78, 5) is 24.4. The van der Waals surface area contributed by atoms with E-state index in [0.29, 0.717) is 0 Å². The third-order valence-corrected chi connectivity index (χ3v) is 2.05. The van der Waals surface area contributed by atoms with E-state index in [1.54, 1.807) is 0 Å². The van der Waals surface area contributed by atoms with Crippen LogP contribution in [-0.2, 0) is 4.74 Å². The first-order valence-electron chi connectivity index (χ1n) is 5.54. The number of nitrogens with zero attached hydrogens (tertiary/aromatic N) is 2. The molecule has 104 valence electrons. The van der Waals surface area contributed by atoms with Crippen molar-refractivity contribution in [1.82, 2.24) is 4.98 Å². The summed E-state index contributed by atoms with van der Waals surface area (Å²) in [6.07, 6.45) is 1.04. The van der Waals surface area contributed by atoms with Crippen molar-refractivity contribution in [2.24, 2.45) is 0 Å². The summed E-state index contributed by atoms with van der Waals surface area (Å²) in [5.41, 5.74) is -0.748. The minimum atomic E-state index is -1.29. The molecule has 1 aromatic rings. The van der Waals surface area contributed by atoms with E-state index in [1.807, 2.05) is 13.8 Å². The second-order valence-corrected chi connectivity index (χ2v) is 3.88. The van der Waals surface area contributed by atoms with Crippen LogP contribution in [0.5, 0.6) is 5.88 Å². The molecular weight excluding hydrogens is 256 g/mol. The number of pyridine rings is 1. The first kappa shape index (κ1) is 14.8. The zero-order valence-electron chi connectivity index (χ0n) is 10.5. The van der Waals surface area contributed by atoms with Gasteiger partial charge in [-0.2, -0.15) is 0 Å². The van der Waals surface area contributed by atoms with Gasteiger partial charge in [-0.3, -0.25) is 10.1 Å². The van der Waals surface area contributed by atoms with Gasteiger partial charge in [-0.1, -0.05) is 0 Å². The fourth-order valence-electron chi connectivity index (χ4n) is 1.22. The van der Waals surface area contributed by atoms with Crippen LogP contribution in [-0.4, -0.2) is 40.3 Å². The fraction of sp³-hybridized carbons (Fsp3) is 0.455. The molecule has 1 heterocycles. The predicted octanol–water partition coefficient (Wildman–Crippen LogP) is 1.49. The molecule has 1 N–H and O–H groups in total. The molecule has 0 aliphatic heterocycles. The molecule has 8 nitrogen and oxygen atoms in total. The lowest BCUT2D eigenvalue weighted by molar-refractivity contribution is -0.386. The molecule has 0 bridgehead atoms. The molecule has 8 heteroatoms. The average molecular weight is 270 g/mol. The van der Waals surface area contributed by atoms with Crippen molar-refractivity contribution in [3.8, 4) is 5.88 Å². The Morgan fingerprint density at radius 3 is 2.74 bits per heavy atom. The summed E-state index contributed by atoms with van der Waals surface area (Å²) >= 11 is 0. The Labute approximate surface area is 109 Å². The van der Waals surface area contributed by atoms with Gasteiger partial charge in [0.05, 0.1) is 23.2 Å². The van der Waals surface area contributed by atoms with Crippen molar-refractivity contribution in [1.29, 1.82) is 0 Å². The first-order valence-corrected chi connectivity index (χ1v) is 5.54. The van der Waals surface area contributed by atoms with Gasteiger partial charge in [-0.05, 0) is 13.8 Å².